The molecule has 6 nitrogen and oxygen atoms in total. The first-order valence-electron chi connectivity index (χ1n) is 6.56. The molecule has 1 aromatic rings. The van der Waals surface area contributed by atoms with E-state index in [9.17, 15) is 14.0 Å². The highest BCUT2D eigenvalue weighted by molar-refractivity contribution is 6.35. The van der Waals surface area contributed by atoms with Gasteiger partial charge in [-0.1, -0.05) is 0 Å². The van der Waals surface area contributed by atoms with Gasteiger partial charge in [0.2, 0.25) is 0 Å². The number of carbonyl (C=O) groups excluding carboxylic acids is 2. The summed E-state index contributed by atoms with van der Waals surface area (Å²) < 4.78 is 12.9. The van der Waals surface area contributed by atoms with E-state index in [-0.39, 0.29) is 12.4 Å². The lowest BCUT2D eigenvalue weighted by Gasteiger charge is -2.35. The average molecular weight is 290 g/mol. The highest BCUT2D eigenvalue weighted by Crippen LogP contribution is 2.16. The van der Waals surface area contributed by atoms with E-state index in [1.165, 1.54) is 17.0 Å². The quantitative estimate of drug-likeness (QED) is 0.620. The summed E-state index contributed by atoms with van der Waals surface area (Å²) in [6, 6.07) is 7.90. The van der Waals surface area contributed by atoms with E-state index in [2.05, 4.69) is 5.32 Å². The van der Waals surface area contributed by atoms with Crippen LogP contribution in [0.3, 0.4) is 0 Å². The molecule has 0 aliphatic carbocycles. The van der Waals surface area contributed by atoms with E-state index in [0.29, 0.717) is 26.2 Å². The van der Waals surface area contributed by atoms with Crippen LogP contribution in [0.15, 0.2) is 24.3 Å². The molecule has 0 aromatic heterocycles. The Hall–Kier alpha value is -2.62. The van der Waals surface area contributed by atoms with Gasteiger partial charge in [0.15, 0.2) is 0 Å². The van der Waals surface area contributed by atoms with Crippen LogP contribution in [-0.4, -0.2) is 49.4 Å². The van der Waals surface area contributed by atoms with Crippen LogP contribution in [0.4, 0.5) is 10.1 Å². The van der Waals surface area contributed by atoms with Gasteiger partial charge in [-0.15, -0.1) is 0 Å². The standard InChI is InChI=1S/C14H15FN4O2/c15-11-1-3-12(4-2-11)18-7-9-19(10-8-18)14(21)13(20)17-6-5-16/h1-4H,6-10H2,(H,17,20). The maximum Gasteiger partial charge on any atom is 0.312 e. The summed E-state index contributed by atoms with van der Waals surface area (Å²) in [5, 5.41) is 10.6. The highest BCUT2D eigenvalue weighted by atomic mass is 19.1. The summed E-state index contributed by atoms with van der Waals surface area (Å²) in [6.07, 6.45) is 0. The molecule has 0 spiro atoms. The largest absolute Gasteiger partial charge is 0.368 e. The Morgan fingerprint density at radius 3 is 2.38 bits per heavy atom. The second-order valence-corrected chi connectivity index (χ2v) is 4.60. The van der Waals surface area contributed by atoms with Crippen molar-refractivity contribution in [3.63, 3.8) is 0 Å². The van der Waals surface area contributed by atoms with Gasteiger partial charge in [0, 0.05) is 31.9 Å². The Labute approximate surface area is 121 Å². The molecule has 0 radical (unpaired) electrons. The monoisotopic (exact) mass is 290 g/mol. The number of nitrogens with zero attached hydrogens (tertiary/aromatic N) is 3. The molecule has 1 aliphatic heterocycles. The van der Waals surface area contributed by atoms with E-state index in [0.717, 1.165) is 5.69 Å². The van der Waals surface area contributed by atoms with Gasteiger partial charge in [-0.05, 0) is 24.3 Å². The number of nitriles is 1. The molecule has 1 N–H and O–H groups in total. The predicted octanol–water partition coefficient (Wildman–Crippen LogP) is 0.114. The Bertz CT molecular complexity index is 559. The molecule has 1 saturated heterocycles. The molecule has 0 bridgehead atoms. The number of carbonyl (C=O) groups is 2. The van der Waals surface area contributed by atoms with Crippen LogP contribution < -0.4 is 10.2 Å². The molecule has 1 fully saturated rings. The third kappa shape index (κ3) is 3.69. The zero-order chi connectivity index (χ0) is 15.2. The van der Waals surface area contributed by atoms with Crippen LogP contribution in [0.2, 0.25) is 0 Å². The first-order valence-corrected chi connectivity index (χ1v) is 6.56. The van der Waals surface area contributed by atoms with Crippen molar-refractivity contribution in [2.24, 2.45) is 0 Å². The number of anilines is 1. The van der Waals surface area contributed by atoms with E-state index in [4.69, 9.17) is 5.26 Å². The fourth-order valence-corrected chi connectivity index (χ4v) is 2.16. The van der Waals surface area contributed by atoms with Gasteiger partial charge in [-0.3, -0.25) is 9.59 Å². The number of benzene rings is 1. The van der Waals surface area contributed by atoms with Gasteiger partial charge in [-0.25, -0.2) is 4.39 Å². The molecule has 0 saturated carbocycles. The summed E-state index contributed by atoms with van der Waals surface area (Å²) in [6.45, 7) is 1.79. The Morgan fingerprint density at radius 1 is 1.19 bits per heavy atom. The van der Waals surface area contributed by atoms with Gasteiger partial charge in [0.1, 0.15) is 12.4 Å². The summed E-state index contributed by atoms with van der Waals surface area (Å²) >= 11 is 0. The highest BCUT2D eigenvalue weighted by Gasteiger charge is 2.25. The molecule has 0 atom stereocenters. The fourth-order valence-electron chi connectivity index (χ4n) is 2.16. The molecular formula is C14H15FN4O2. The number of hydrogen-bond donors (Lipinski definition) is 1. The maximum atomic E-state index is 12.9. The zero-order valence-electron chi connectivity index (χ0n) is 11.4. The first-order chi connectivity index (χ1) is 10.1. The van der Waals surface area contributed by atoms with E-state index in [1.807, 2.05) is 4.90 Å². The third-order valence-electron chi connectivity index (χ3n) is 3.28. The molecular weight excluding hydrogens is 275 g/mol. The van der Waals surface area contributed by atoms with E-state index >= 15 is 0 Å². The van der Waals surface area contributed by atoms with Crippen molar-refractivity contribution in [3.05, 3.63) is 30.1 Å². The van der Waals surface area contributed by atoms with E-state index in [1.54, 1.807) is 18.2 Å². The van der Waals surface area contributed by atoms with Gasteiger partial charge in [0.25, 0.3) is 0 Å². The third-order valence-corrected chi connectivity index (χ3v) is 3.28. The van der Waals surface area contributed by atoms with Gasteiger partial charge >= 0.3 is 11.8 Å². The lowest BCUT2D eigenvalue weighted by Crippen LogP contribution is -2.52. The van der Waals surface area contributed by atoms with Crippen molar-refractivity contribution in [3.8, 4) is 6.07 Å². The van der Waals surface area contributed by atoms with E-state index < -0.39 is 11.8 Å². The second kappa shape index (κ2) is 6.70. The summed E-state index contributed by atoms with van der Waals surface area (Å²) in [5.74, 6) is -1.67. The Morgan fingerprint density at radius 2 is 1.81 bits per heavy atom. The molecule has 7 heteroatoms. The smallest absolute Gasteiger partial charge is 0.312 e. The molecule has 1 aromatic carbocycles. The van der Waals surface area contributed by atoms with Crippen LogP contribution in [-0.2, 0) is 9.59 Å². The van der Waals surface area contributed by atoms with Crippen LogP contribution >= 0.6 is 0 Å². The number of nitrogens with one attached hydrogen (secondary N) is 1. The van der Waals surface area contributed by atoms with Crippen LogP contribution in [0, 0.1) is 17.1 Å². The number of piperazine rings is 1. The number of halogens is 1. The Kier molecular flexibility index (Phi) is 4.72. The number of rotatable bonds is 2. The minimum absolute atomic E-state index is 0.180. The lowest BCUT2D eigenvalue weighted by atomic mass is 10.2. The average Bonchev–Trinajstić information content (AvgIpc) is 2.53. The predicted molar refractivity (Wildman–Crippen MR) is 73.8 cm³/mol. The van der Waals surface area contributed by atoms with Crippen molar-refractivity contribution < 1.29 is 14.0 Å². The maximum absolute atomic E-state index is 12.9. The molecule has 110 valence electrons. The zero-order valence-corrected chi connectivity index (χ0v) is 11.4. The summed E-state index contributed by atoms with van der Waals surface area (Å²) in [5.41, 5.74) is 0.887. The fraction of sp³-hybridized carbons (Fsp3) is 0.357. The van der Waals surface area contributed by atoms with Crippen LogP contribution in [0.5, 0.6) is 0 Å². The van der Waals surface area contributed by atoms with Crippen LogP contribution in [0.1, 0.15) is 0 Å². The van der Waals surface area contributed by atoms with Gasteiger partial charge in [-0.2, -0.15) is 5.26 Å². The number of amides is 2. The van der Waals surface area contributed by atoms with Crippen molar-refractivity contribution in [1.29, 1.82) is 5.26 Å². The lowest BCUT2D eigenvalue weighted by molar-refractivity contribution is -0.145. The Balaban J connectivity index is 1.88. The van der Waals surface area contributed by atoms with Crippen molar-refractivity contribution in [2.75, 3.05) is 37.6 Å². The molecule has 1 aliphatic rings. The molecule has 2 rings (SSSR count). The van der Waals surface area contributed by atoms with Gasteiger partial charge in [0.05, 0.1) is 6.07 Å². The minimum atomic E-state index is -0.758. The summed E-state index contributed by atoms with van der Waals surface area (Å²) in [7, 11) is 0. The topological polar surface area (TPSA) is 76.4 Å². The van der Waals surface area contributed by atoms with Crippen molar-refractivity contribution >= 4 is 17.5 Å². The molecule has 0 unspecified atom stereocenters. The SMILES string of the molecule is N#CCNC(=O)C(=O)N1CCN(c2ccc(F)cc2)CC1. The van der Waals surface area contributed by atoms with Crippen LogP contribution in [0.25, 0.3) is 0 Å². The second-order valence-electron chi connectivity index (χ2n) is 4.60. The molecule has 2 amide bonds. The van der Waals surface area contributed by atoms with Gasteiger partial charge < -0.3 is 15.1 Å². The normalized spacial score (nSPS) is 14.5. The van der Waals surface area contributed by atoms with Crippen molar-refractivity contribution in [2.45, 2.75) is 0 Å². The molecule has 21 heavy (non-hydrogen) atoms. The van der Waals surface area contributed by atoms with Crippen molar-refractivity contribution in [1.82, 2.24) is 10.2 Å². The summed E-state index contributed by atoms with van der Waals surface area (Å²) in [4.78, 5) is 26.8. The first kappa shape index (κ1) is 14.8. The molecule has 1 heterocycles. The minimum Gasteiger partial charge on any atom is -0.368 e. The number of hydrogen-bond acceptors (Lipinski definition) is 4.